The van der Waals surface area contributed by atoms with Gasteiger partial charge in [0, 0.05) is 30.9 Å². The van der Waals surface area contributed by atoms with E-state index in [9.17, 15) is 27.9 Å². The van der Waals surface area contributed by atoms with Crippen molar-refractivity contribution in [3.05, 3.63) is 24.0 Å². The smallest absolute Gasteiger partial charge is 0.425 e. The van der Waals surface area contributed by atoms with E-state index in [0.717, 1.165) is 0 Å². The van der Waals surface area contributed by atoms with Crippen LogP contribution in [0.2, 0.25) is 0 Å². The first-order valence-electron chi connectivity index (χ1n) is 9.65. The number of aromatic nitrogens is 4. The molecule has 0 radical (unpaired) electrons. The first-order valence-corrected chi connectivity index (χ1v) is 9.65. The monoisotopic (exact) mass is 457 g/mol. The van der Waals surface area contributed by atoms with E-state index in [4.69, 9.17) is 0 Å². The normalized spacial score (nSPS) is 19.8. The number of aryl methyl sites for hydroxylation is 1. The Bertz CT molecular complexity index is 955. The molecule has 14 heteroatoms. The quantitative estimate of drug-likeness (QED) is 0.513. The van der Waals surface area contributed by atoms with Gasteiger partial charge < -0.3 is 25.4 Å². The van der Waals surface area contributed by atoms with Gasteiger partial charge in [0.1, 0.15) is 11.6 Å². The molecule has 3 heterocycles. The molecule has 1 aliphatic heterocycles. The molecule has 32 heavy (non-hydrogen) atoms. The fourth-order valence-electron chi connectivity index (χ4n) is 3.20. The number of ether oxygens (including phenoxy) is 1. The molecule has 0 bridgehead atoms. The van der Waals surface area contributed by atoms with Crippen molar-refractivity contribution < 1.29 is 32.6 Å². The summed E-state index contributed by atoms with van der Waals surface area (Å²) in [5.41, 5.74) is 0.595. The average Bonchev–Trinajstić information content (AvgIpc) is 3.19. The number of carboxylic acid groups (broad SMARTS) is 1. The minimum Gasteiger partial charge on any atom is -0.481 e. The fraction of sp³-hybridized carbons (Fsp3) is 0.500. The van der Waals surface area contributed by atoms with E-state index in [1.807, 2.05) is 0 Å². The Balaban J connectivity index is 1.75. The number of alkyl halides is 3. The van der Waals surface area contributed by atoms with E-state index >= 15 is 0 Å². The van der Waals surface area contributed by atoms with E-state index < -0.39 is 36.3 Å². The van der Waals surface area contributed by atoms with Gasteiger partial charge in [-0.25, -0.2) is 9.78 Å². The van der Waals surface area contributed by atoms with Crippen LogP contribution in [-0.2, 0) is 9.53 Å². The summed E-state index contributed by atoms with van der Waals surface area (Å²) in [6.07, 6.45) is -6.71. The van der Waals surface area contributed by atoms with Crippen LogP contribution >= 0.6 is 0 Å². The summed E-state index contributed by atoms with van der Waals surface area (Å²) >= 11 is 0. The zero-order valence-electron chi connectivity index (χ0n) is 17.2. The Kier molecular flexibility index (Phi) is 6.69. The van der Waals surface area contributed by atoms with Gasteiger partial charge >= 0.3 is 18.2 Å². The summed E-state index contributed by atoms with van der Waals surface area (Å²) in [5, 5.41) is 21.4. The number of nitrogens with one attached hydrogen (secondary N) is 3. The molecule has 11 nitrogen and oxygen atoms in total. The summed E-state index contributed by atoms with van der Waals surface area (Å²) in [6.45, 7) is 2.59. The molecule has 4 N–H and O–H groups in total. The second-order valence-corrected chi connectivity index (χ2v) is 7.40. The van der Waals surface area contributed by atoms with Crippen LogP contribution in [0, 0.1) is 12.8 Å². The molecule has 0 spiro atoms. The van der Waals surface area contributed by atoms with Crippen LogP contribution in [0.3, 0.4) is 0 Å². The molecule has 3 rings (SSSR count). The van der Waals surface area contributed by atoms with Gasteiger partial charge in [-0.15, -0.1) is 0 Å². The highest BCUT2D eigenvalue weighted by molar-refractivity contribution is 5.72. The molecule has 0 aliphatic carbocycles. The molecule has 174 valence electrons. The highest BCUT2D eigenvalue weighted by atomic mass is 19.4. The van der Waals surface area contributed by atoms with E-state index in [1.54, 1.807) is 30.2 Å². The molecule has 1 saturated heterocycles. The molecular formula is C18H22F3N7O4. The lowest BCUT2D eigenvalue weighted by Crippen LogP contribution is -2.53. The third kappa shape index (κ3) is 5.98. The van der Waals surface area contributed by atoms with Gasteiger partial charge in [-0.2, -0.15) is 23.3 Å². The molecule has 1 aliphatic rings. The molecule has 2 aromatic heterocycles. The summed E-state index contributed by atoms with van der Waals surface area (Å²) < 4.78 is 42.3. The van der Waals surface area contributed by atoms with Crippen LogP contribution in [0.1, 0.15) is 19.0 Å². The molecule has 1 amide bonds. The lowest BCUT2D eigenvalue weighted by atomic mass is 9.94. The Morgan fingerprint density at radius 2 is 2.09 bits per heavy atom. The number of carboxylic acids is 1. The first-order chi connectivity index (χ1) is 15.0. The van der Waals surface area contributed by atoms with E-state index in [1.165, 1.54) is 0 Å². The number of aromatic amines is 1. The maximum Gasteiger partial charge on any atom is 0.425 e. The number of amides is 1. The van der Waals surface area contributed by atoms with Gasteiger partial charge in [-0.05, 0) is 20.3 Å². The van der Waals surface area contributed by atoms with Crippen molar-refractivity contribution in [2.45, 2.75) is 38.6 Å². The van der Waals surface area contributed by atoms with Crippen molar-refractivity contribution in [3.8, 4) is 0 Å². The molecule has 2 aromatic rings. The topological polar surface area (TPSA) is 145 Å². The van der Waals surface area contributed by atoms with Crippen LogP contribution < -0.4 is 15.5 Å². The highest BCUT2D eigenvalue weighted by Gasteiger charge is 2.40. The van der Waals surface area contributed by atoms with Gasteiger partial charge in [-0.1, -0.05) is 0 Å². The standard InChI is InChI=1S/C18H22F3N7O4/c1-9-5-14(25-13-3-4-22-27-13)26-16(23-9)28-7-11(15(29)30)6-12(8-28)24-17(31)32-10(2)18(19,20)21/h3-5,10-12H,6-8H2,1-2H3,(H,24,31)(H,29,30)(H2,22,23,25,26,27)/t10-,11+,12+/m0/s1. The van der Waals surface area contributed by atoms with Crippen molar-refractivity contribution in [1.82, 2.24) is 25.5 Å². The number of hydrogen-bond acceptors (Lipinski definition) is 8. The maximum absolute atomic E-state index is 12.6. The third-order valence-corrected chi connectivity index (χ3v) is 4.76. The first kappa shape index (κ1) is 23.1. The fourth-order valence-corrected chi connectivity index (χ4v) is 3.20. The number of hydrogen-bond donors (Lipinski definition) is 4. The number of halogens is 3. The number of nitrogens with zero attached hydrogens (tertiary/aromatic N) is 4. The van der Waals surface area contributed by atoms with Gasteiger partial charge in [0.15, 0.2) is 6.10 Å². The van der Waals surface area contributed by atoms with Crippen LogP contribution in [0.25, 0.3) is 0 Å². The number of piperidine rings is 1. The Morgan fingerprint density at radius 3 is 2.72 bits per heavy atom. The minimum atomic E-state index is -4.70. The molecule has 0 saturated carbocycles. The SMILES string of the molecule is Cc1cc(Nc2ccn[nH]2)nc(N2C[C@H](NC(=O)O[C@@H](C)C(F)(F)F)C[C@@H](C(=O)O)C2)n1. The van der Waals surface area contributed by atoms with Gasteiger partial charge in [0.25, 0.3) is 0 Å². The number of carbonyl (C=O) groups excluding carboxylic acids is 1. The summed E-state index contributed by atoms with van der Waals surface area (Å²) in [5.74, 6) is -0.791. The van der Waals surface area contributed by atoms with Crippen LogP contribution in [-0.4, -0.2) is 68.7 Å². The number of H-pyrrole nitrogens is 1. The van der Waals surface area contributed by atoms with Crippen molar-refractivity contribution in [2.24, 2.45) is 5.92 Å². The molecular weight excluding hydrogens is 435 g/mol. The van der Waals surface area contributed by atoms with Crippen LogP contribution in [0.4, 0.5) is 35.5 Å². The minimum absolute atomic E-state index is 0.0202. The molecule has 0 aromatic carbocycles. The number of rotatable bonds is 6. The number of aliphatic carboxylic acids is 1. The second kappa shape index (κ2) is 9.28. The Labute approximate surface area is 180 Å². The van der Waals surface area contributed by atoms with Crippen molar-refractivity contribution in [1.29, 1.82) is 0 Å². The number of alkyl carbamates (subject to hydrolysis) is 1. The van der Waals surface area contributed by atoms with Crippen molar-refractivity contribution in [2.75, 3.05) is 23.3 Å². The Morgan fingerprint density at radius 1 is 1.34 bits per heavy atom. The Hall–Kier alpha value is -3.58. The highest BCUT2D eigenvalue weighted by Crippen LogP contribution is 2.25. The summed E-state index contributed by atoms with van der Waals surface area (Å²) in [7, 11) is 0. The lowest BCUT2D eigenvalue weighted by molar-refractivity contribution is -0.197. The predicted octanol–water partition coefficient (Wildman–Crippen LogP) is 2.21. The van der Waals surface area contributed by atoms with Gasteiger partial charge in [0.05, 0.1) is 18.2 Å². The van der Waals surface area contributed by atoms with Gasteiger partial charge in [0.2, 0.25) is 5.95 Å². The van der Waals surface area contributed by atoms with Crippen molar-refractivity contribution >= 4 is 29.6 Å². The van der Waals surface area contributed by atoms with E-state index in [2.05, 4.69) is 35.5 Å². The number of carbonyl (C=O) groups is 2. The van der Waals surface area contributed by atoms with Gasteiger partial charge in [-0.3, -0.25) is 9.89 Å². The lowest BCUT2D eigenvalue weighted by Gasteiger charge is -2.36. The second-order valence-electron chi connectivity index (χ2n) is 7.40. The molecule has 1 fully saturated rings. The van der Waals surface area contributed by atoms with E-state index in [-0.39, 0.29) is 25.5 Å². The third-order valence-electron chi connectivity index (χ3n) is 4.76. The number of anilines is 3. The average molecular weight is 457 g/mol. The van der Waals surface area contributed by atoms with E-state index in [0.29, 0.717) is 24.3 Å². The predicted molar refractivity (Wildman–Crippen MR) is 106 cm³/mol. The van der Waals surface area contributed by atoms with Crippen LogP contribution in [0.5, 0.6) is 0 Å². The summed E-state index contributed by atoms with van der Waals surface area (Å²) in [4.78, 5) is 33.8. The zero-order chi connectivity index (χ0) is 23.5. The summed E-state index contributed by atoms with van der Waals surface area (Å²) in [6, 6.07) is 2.58. The van der Waals surface area contributed by atoms with Crippen molar-refractivity contribution in [3.63, 3.8) is 0 Å². The maximum atomic E-state index is 12.6. The largest absolute Gasteiger partial charge is 0.481 e. The molecule has 0 unspecified atom stereocenters. The van der Waals surface area contributed by atoms with Crippen LogP contribution in [0.15, 0.2) is 18.3 Å². The zero-order valence-corrected chi connectivity index (χ0v) is 17.2. The molecule has 3 atom stereocenters.